The molecule has 3 heteroatoms. The van der Waals surface area contributed by atoms with E-state index >= 15 is 0 Å². The van der Waals surface area contributed by atoms with Gasteiger partial charge in [0.25, 0.3) is 0 Å². The van der Waals surface area contributed by atoms with Gasteiger partial charge in [-0.1, -0.05) is 60.7 Å². The van der Waals surface area contributed by atoms with Crippen molar-refractivity contribution >= 4 is 11.5 Å². The summed E-state index contributed by atoms with van der Waals surface area (Å²) < 4.78 is 5.24. The number of methoxy groups -OCH3 is 1. The number of Topliss-reactive ketones (excluding diaryl/α,β-unsaturated/α-hetero) is 1. The number of carbonyl (C=O) groups is 1. The Hall–Kier alpha value is -3.07. The van der Waals surface area contributed by atoms with E-state index in [0.717, 1.165) is 22.4 Å². The number of hydrogen-bond donors (Lipinski definition) is 1. The van der Waals surface area contributed by atoms with Crippen molar-refractivity contribution in [2.75, 3.05) is 12.8 Å². The highest BCUT2D eigenvalue weighted by Crippen LogP contribution is 2.33. The standard InChI is InChI=1S/C22H21NO2/c1-25-18-13-11-16(12-14-18)20(19-9-5-6-10-21(19)23)15-22(24)17-7-3-2-4-8-17/h2-14,20H,15,23H2,1H3. The fourth-order valence-corrected chi connectivity index (χ4v) is 3.00. The Labute approximate surface area is 148 Å². The van der Waals surface area contributed by atoms with Gasteiger partial charge >= 0.3 is 0 Å². The maximum Gasteiger partial charge on any atom is 0.163 e. The van der Waals surface area contributed by atoms with Gasteiger partial charge < -0.3 is 10.5 Å². The van der Waals surface area contributed by atoms with Crippen molar-refractivity contribution < 1.29 is 9.53 Å². The summed E-state index contributed by atoms with van der Waals surface area (Å²) in [5, 5.41) is 0. The fraction of sp³-hybridized carbons (Fsp3) is 0.136. The molecule has 0 fully saturated rings. The first-order chi connectivity index (χ1) is 12.2. The third kappa shape index (κ3) is 3.89. The van der Waals surface area contributed by atoms with Crippen LogP contribution in [0.1, 0.15) is 33.8 Å². The fourth-order valence-electron chi connectivity index (χ4n) is 3.00. The molecule has 0 saturated heterocycles. The second kappa shape index (κ2) is 7.67. The van der Waals surface area contributed by atoms with E-state index in [1.54, 1.807) is 7.11 Å². The van der Waals surface area contributed by atoms with E-state index in [1.807, 2.05) is 78.9 Å². The van der Waals surface area contributed by atoms with Gasteiger partial charge in [-0.15, -0.1) is 0 Å². The van der Waals surface area contributed by atoms with Gasteiger partial charge in [0, 0.05) is 23.6 Å². The van der Waals surface area contributed by atoms with Crippen LogP contribution in [0.3, 0.4) is 0 Å². The average Bonchev–Trinajstić information content (AvgIpc) is 2.67. The van der Waals surface area contributed by atoms with Gasteiger partial charge in [-0.25, -0.2) is 0 Å². The normalized spacial score (nSPS) is 11.7. The zero-order valence-corrected chi connectivity index (χ0v) is 14.2. The molecule has 0 spiro atoms. The monoisotopic (exact) mass is 331 g/mol. The minimum absolute atomic E-state index is 0.0974. The molecule has 0 heterocycles. The minimum atomic E-state index is -0.0974. The Morgan fingerprint density at radius 2 is 1.56 bits per heavy atom. The van der Waals surface area contributed by atoms with Gasteiger partial charge in [0.2, 0.25) is 0 Å². The Morgan fingerprint density at radius 3 is 2.20 bits per heavy atom. The highest BCUT2D eigenvalue weighted by Gasteiger charge is 2.21. The number of nitrogen functional groups attached to an aromatic ring is 1. The molecule has 2 N–H and O–H groups in total. The largest absolute Gasteiger partial charge is 0.497 e. The van der Waals surface area contributed by atoms with Gasteiger partial charge in [-0.2, -0.15) is 0 Å². The van der Waals surface area contributed by atoms with Gasteiger partial charge in [0.05, 0.1) is 7.11 Å². The van der Waals surface area contributed by atoms with Crippen LogP contribution in [0.25, 0.3) is 0 Å². The molecular weight excluding hydrogens is 310 g/mol. The van der Waals surface area contributed by atoms with Crippen LogP contribution in [-0.2, 0) is 0 Å². The molecule has 3 aromatic rings. The lowest BCUT2D eigenvalue weighted by atomic mass is 9.85. The van der Waals surface area contributed by atoms with Crippen LogP contribution in [-0.4, -0.2) is 12.9 Å². The Morgan fingerprint density at radius 1 is 0.920 bits per heavy atom. The highest BCUT2D eigenvalue weighted by atomic mass is 16.5. The van der Waals surface area contributed by atoms with Crippen LogP contribution in [0.2, 0.25) is 0 Å². The number of rotatable bonds is 6. The Balaban J connectivity index is 1.97. The lowest BCUT2D eigenvalue weighted by Crippen LogP contribution is -2.11. The van der Waals surface area contributed by atoms with Crippen molar-refractivity contribution in [3.05, 3.63) is 95.6 Å². The lowest BCUT2D eigenvalue weighted by Gasteiger charge is -2.19. The number of ketones is 1. The van der Waals surface area contributed by atoms with Crippen LogP contribution < -0.4 is 10.5 Å². The molecular formula is C22H21NO2. The van der Waals surface area contributed by atoms with Gasteiger partial charge in [0.15, 0.2) is 5.78 Å². The summed E-state index contributed by atoms with van der Waals surface area (Å²) in [4.78, 5) is 12.8. The number of carbonyl (C=O) groups excluding carboxylic acids is 1. The summed E-state index contributed by atoms with van der Waals surface area (Å²) in [5.41, 5.74) is 9.62. The summed E-state index contributed by atoms with van der Waals surface area (Å²) in [6, 6.07) is 24.9. The first-order valence-corrected chi connectivity index (χ1v) is 8.25. The van der Waals surface area contributed by atoms with Crippen LogP contribution in [0.15, 0.2) is 78.9 Å². The van der Waals surface area contributed by atoms with Crippen molar-refractivity contribution in [1.29, 1.82) is 0 Å². The van der Waals surface area contributed by atoms with E-state index in [0.29, 0.717) is 12.1 Å². The third-order valence-corrected chi connectivity index (χ3v) is 4.37. The SMILES string of the molecule is COc1ccc(C(CC(=O)c2ccccc2)c2ccccc2N)cc1. The predicted molar refractivity (Wildman–Crippen MR) is 101 cm³/mol. The Bertz CT molecular complexity index is 841. The number of nitrogens with two attached hydrogens (primary N) is 1. The maximum atomic E-state index is 12.8. The maximum absolute atomic E-state index is 12.8. The van der Waals surface area contributed by atoms with E-state index in [9.17, 15) is 4.79 Å². The van der Waals surface area contributed by atoms with Crippen LogP contribution >= 0.6 is 0 Å². The molecule has 1 atom stereocenters. The molecule has 3 nitrogen and oxygen atoms in total. The second-order valence-electron chi connectivity index (χ2n) is 5.95. The molecule has 0 bridgehead atoms. The summed E-state index contributed by atoms with van der Waals surface area (Å²) in [7, 11) is 1.64. The molecule has 126 valence electrons. The van der Waals surface area contributed by atoms with Crippen molar-refractivity contribution in [3.8, 4) is 5.75 Å². The Kier molecular flexibility index (Phi) is 5.14. The van der Waals surface area contributed by atoms with E-state index in [4.69, 9.17) is 10.5 Å². The van der Waals surface area contributed by atoms with Gasteiger partial charge in [-0.05, 0) is 29.3 Å². The number of anilines is 1. The lowest BCUT2D eigenvalue weighted by molar-refractivity contribution is 0.0977. The van der Waals surface area contributed by atoms with E-state index in [1.165, 1.54) is 0 Å². The topological polar surface area (TPSA) is 52.3 Å². The first kappa shape index (κ1) is 16.8. The van der Waals surface area contributed by atoms with Crippen molar-refractivity contribution in [2.45, 2.75) is 12.3 Å². The van der Waals surface area contributed by atoms with Gasteiger partial charge in [0.1, 0.15) is 5.75 Å². The first-order valence-electron chi connectivity index (χ1n) is 8.25. The highest BCUT2D eigenvalue weighted by molar-refractivity contribution is 5.96. The zero-order chi connectivity index (χ0) is 17.6. The predicted octanol–water partition coefficient (Wildman–Crippen LogP) is 4.68. The van der Waals surface area contributed by atoms with Crippen molar-refractivity contribution in [1.82, 2.24) is 0 Å². The molecule has 0 aliphatic heterocycles. The second-order valence-corrected chi connectivity index (χ2v) is 5.95. The van der Waals surface area contributed by atoms with Crippen LogP contribution in [0.5, 0.6) is 5.75 Å². The summed E-state index contributed by atoms with van der Waals surface area (Å²) in [6.45, 7) is 0. The summed E-state index contributed by atoms with van der Waals surface area (Å²) in [6.07, 6.45) is 0.366. The molecule has 0 aliphatic rings. The average molecular weight is 331 g/mol. The summed E-state index contributed by atoms with van der Waals surface area (Å²) >= 11 is 0. The molecule has 0 aromatic heterocycles. The third-order valence-electron chi connectivity index (χ3n) is 4.37. The molecule has 25 heavy (non-hydrogen) atoms. The molecule has 3 aromatic carbocycles. The van der Waals surface area contributed by atoms with Crippen LogP contribution in [0, 0.1) is 0 Å². The smallest absolute Gasteiger partial charge is 0.163 e. The molecule has 0 aliphatic carbocycles. The van der Waals surface area contributed by atoms with Crippen molar-refractivity contribution in [3.63, 3.8) is 0 Å². The zero-order valence-electron chi connectivity index (χ0n) is 14.2. The molecule has 0 amide bonds. The quantitative estimate of drug-likeness (QED) is 0.527. The van der Waals surface area contributed by atoms with E-state index in [-0.39, 0.29) is 11.7 Å². The summed E-state index contributed by atoms with van der Waals surface area (Å²) in [5.74, 6) is 0.794. The molecule has 0 saturated carbocycles. The van der Waals surface area contributed by atoms with Crippen molar-refractivity contribution in [2.24, 2.45) is 0 Å². The molecule has 1 unspecified atom stereocenters. The van der Waals surface area contributed by atoms with E-state index < -0.39 is 0 Å². The minimum Gasteiger partial charge on any atom is -0.497 e. The van der Waals surface area contributed by atoms with E-state index in [2.05, 4.69) is 0 Å². The number of ether oxygens (including phenoxy) is 1. The number of para-hydroxylation sites is 1. The van der Waals surface area contributed by atoms with Gasteiger partial charge in [-0.3, -0.25) is 4.79 Å². The molecule has 3 rings (SSSR count). The number of hydrogen-bond acceptors (Lipinski definition) is 3. The van der Waals surface area contributed by atoms with Crippen LogP contribution in [0.4, 0.5) is 5.69 Å². The molecule has 0 radical (unpaired) electrons. The number of benzene rings is 3.